The number of thioether (sulfide) groups is 2. The van der Waals surface area contributed by atoms with E-state index in [-0.39, 0.29) is 126 Å². The van der Waals surface area contributed by atoms with Crippen molar-refractivity contribution < 1.29 is 117 Å². The van der Waals surface area contributed by atoms with Gasteiger partial charge in [-0.1, -0.05) is 96.5 Å². The molecule has 133 heavy (non-hydrogen) atoms. The van der Waals surface area contributed by atoms with Gasteiger partial charge in [0.2, 0.25) is 82.7 Å². The zero-order valence-electron chi connectivity index (χ0n) is 76.5. The molecule has 1 aromatic heterocycles. The van der Waals surface area contributed by atoms with Crippen molar-refractivity contribution in [3.63, 3.8) is 0 Å². The summed E-state index contributed by atoms with van der Waals surface area (Å²) in [6, 6.07) is -7.75. The SMILES string of the molecule is CC[C@H](C)[C@H](NC(=O)[C@@H]1CCCN1C(=O)[C@H](CCC(=O)O)NC(=O)[C@@H](N)CC(C)C)C(=O)N[C@@H](Cc1ccccc1)C(=O)N[C@@H](CCC(=O)O)C(=O)N[C@@H](C)C(=O)N[C@@H](CCSC)C(=O)N[C@@H](CCCCN)C(=O)N[C@@H](CCSC)C(=O)N[C@@H](CC(=O)O)C(=O)N[C@@H](Cc1c[nH]c2ccccc12)C(=O)N[C@@H](CCCNC(=N)N)C(=O)N[C@@H](CC(C)C)C(=O)N[C@@H](CCC(=O)O)C(=O)O. The number of rotatable bonds is 63. The predicted octanol–water partition coefficient (Wildman–Crippen LogP) is -1.22. The molecule has 738 valence electrons. The standard InChI is InChI=1S/C87H134N20O24S2/c1-10-48(6)71(106-83(127)66-26-19-37-107(66)85(129)60(28-31-68(110)111)100-73(117)53(89)40-46(2)3)84(128)105-63(42-50-20-12-11-13-21-50)80(124)98-57(27-30-67(108)109)74(118)94-49(7)72(116)95-58(33-38-132-8)77(121)96-55(24-16-17-35-88)75(119)99-59(34-39-133-9)78(122)104-65(44-70(114)115)82(126)103-64(43-51-45-93-54-23-15-14-22-52(51)54)81(125)97-56(25-18-36-92-87(90)91)76(120)102-62(41-47(4)5)79(123)101-61(86(130)131)29-32-69(112)113/h11-15,20-23,45-49,53,55-66,71,93H,10,16-19,24-44,88-89H2,1-9H3,(H,94,118)(H,95,116)(H,96,121)(H,97,125)(H,98,124)(H,99,119)(H,100,117)(H,101,123)(H,102,120)(H,103,126)(H,104,122)(H,105,128)(H,106,127)(H,108,109)(H,110,111)(H,112,113)(H,114,115)(H,130,131)(H4,90,91,92)/t48-,49-,53-,55-,56-,57-,58-,59-,60-,61-,62-,63-,64-,65-,66-,71-/m0/s1. The quantitative estimate of drug-likeness (QED) is 0.0179. The summed E-state index contributed by atoms with van der Waals surface area (Å²) >= 11 is 2.49. The van der Waals surface area contributed by atoms with E-state index in [1.807, 2.05) is 13.8 Å². The molecular weight excluding hydrogens is 1770 g/mol. The lowest BCUT2D eigenvalue weighted by atomic mass is 9.96. The number of nitrogens with zero attached hydrogens (tertiary/aromatic N) is 1. The van der Waals surface area contributed by atoms with Gasteiger partial charge in [-0.2, -0.15) is 23.5 Å². The minimum absolute atomic E-state index is 0.00134. The molecule has 16 atom stereocenters. The Bertz CT molecular complexity index is 4470. The fraction of sp³-hybridized carbons (Fsp3) is 0.609. The molecule has 1 aliphatic heterocycles. The van der Waals surface area contributed by atoms with Crippen LogP contribution in [-0.2, 0) is 104 Å². The first kappa shape index (κ1) is 113. The van der Waals surface area contributed by atoms with Crippen molar-refractivity contribution in [1.29, 1.82) is 5.41 Å². The predicted molar refractivity (Wildman–Crippen MR) is 493 cm³/mol. The third-order valence-corrected chi connectivity index (χ3v) is 23.2. The van der Waals surface area contributed by atoms with Gasteiger partial charge in [0.25, 0.3) is 0 Å². The topological polar surface area (TPSA) is 715 Å². The summed E-state index contributed by atoms with van der Waals surface area (Å²) in [6.45, 7) is 11.8. The lowest BCUT2D eigenvalue weighted by Crippen LogP contribution is -2.61. The molecule has 0 unspecified atom stereocenters. The van der Waals surface area contributed by atoms with Crippen LogP contribution in [0.15, 0.2) is 60.8 Å². The molecule has 14 amide bonds. The van der Waals surface area contributed by atoms with Crippen LogP contribution < -0.4 is 91.6 Å². The van der Waals surface area contributed by atoms with E-state index in [4.69, 9.17) is 22.6 Å². The number of para-hydroxylation sites is 1. The van der Waals surface area contributed by atoms with E-state index in [1.165, 1.54) is 41.5 Å². The maximum absolute atomic E-state index is 15.0. The number of aliphatic carboxylic acids is 5. The third kappa shape index (κ3) is 40.4. The molecular formula is C87H134N20O24S2. The summed E-state index contributed by atoms with van der Waals surface area (Å²) in [5.41, 5.74) is 19.0. The molecule has 3 aromatic rings. The zero-order valence-corrected chi connectivity index (χ0v) is 78.2. The van der Waals surface area contributed by atoms with Gasteiger partial charge in [0.15, 0.2) is 5.96 Å². The Morgan fingerprint density at radius 3 is 1.43 bits per heavy atom. The van der Waals surface area contributed by atoms with E-state index in [0.717, 1.165) is 0 Å². The molecule has 4 rings (SSSR count). The van der Waals surface area contributed by atoms with Gasteiger partial charge in [0.1, 0.15) is 84.6 Å². The van der Waals surface area contributed by atoms with Crippen molar-refractivity contribution in [1.82, 2.24) is 84.3 Å². The van der Waals surface area contributed by atoms with Gasteiger partial charge < -0.3 is 127 Å². The second kappa shape index (κ2) is 58.6. The van der Waals surface area contributed by atoms with Crippen molar-refractivity contribution in [2.45, 2.75) is 274 Å². The van der Waals surface area contributed by atoms with E-state index in [1.54, 1.807) is 94.8 Å². The monoisotopic (exact) mass is 1910 g/mol. The van der Waals surface area contributed by atoms with Gasteiger partial charge >= 0.3 is 29.8 Å². The second-order valence-electron chi connectivity index (χ2n) is 33.6. The number of aromatic nitrogens is 1. The van der Waals surface area contributed by atoms with Crippen LogP contribution in [0, 0.1) is 23.2 Å². The lowest BCUT2D eigenvalue weighted by molar-refractivity contribution is -0.144. The molecule has 2 heterocycles. The molecule has 1 saturated heterocycles. The number of H-pyrrole nitrogens is 1. The number of carbonyl (C=O) groups excluding carboxylic acids is 14. The van der Waals surface area contributed by atoms with E-state index >= 15 is 0 Å². The number of hydrogen-bond donors (Lipinski definition) is 24. The van der Waals surface area contributed by atoms with Crippen LogP contribution in [0.25, 0.3) is 10.9 Å². The number of nitrogens with one attached hydrogen (secondary N) is 16. The Hall–Kier alpha value is -12.2. The number of likely N-dealkylation sites (tertiary alicyclic amines) is 1. The molecule has 46 heteroatoms. The van der Waals surface area contributed by atoms with Crippen LogP contribution >= 0.6 is 23.5 Å². The minimum Gasteiger partial charge on any atom is -0.481 e. The van der Waals surface area contributed by atoms with Crippen molar-refractivity contribution in [3.05, 3.63) is 71.9 Å². The zero-order chi connectivity index (χ0) is 99.3. The van der Waals surface area contributed by atoms with Gasteiger partial charge in [-0.3, -0.25) is 91.7 Å². The maximum Gasteiger partial charge on any atom is 0.326 e. The Morgan fingerprint density at radius 2 is 0.910 bits per heavy atom. The highest BCUT2D eigenvalue weighted by atomic mass is 32.2. The molecule has 27 N–H and O–H groups in total. The van der Waals surface area contributed by atoms with Gasteiger partial charge in [0, 0.05) is 62.3 Å². The highest BCUT2D eigenvalue weighted by Crippen LogP contribution is 2.24. The van der Waals surface area contributed by atoms with Gasteiger partial charge in [-0.15, -0.1) is 0 Å². The highest BCUT2D eigenvalue weighted by Gasteiger charge is 2.43. The van der Waals surface area contributed by atoms with Crippen LogP contribution in [0.2, 0.25) is 0 Å². The Morgan fingerprint density at radius 1 is 0.474 bits per heavy atom. The summed E-state index contributed by atoms with van der Waals surface area (Å²) in [6.07, 6.45) is 0.661. The number of carboxylic acid groups (broad SMARTS) is 5. The van der Waals surface area contributed by atoms with Crippen LogP contribution in [0.1, 0.15) is 182 Å². The summed E-state index contributed by atoms with van der Waals surface area (Å²) in [5.74, 6) is -21.7. The van der Waals surface area contributed by atoms with Crippen molar-refractivity contribution in [2.75, 3.05) is 43.7 Å². The number of fused-ring (bicyclic) bond motifs is 1. The van der Waals surface area contributed by atoms with Crippen LogP contribution in [-0.4, -0.2) is 288 Å². The summed E-state index contributed by atoms with van der Waals surface area (Å²) in [5, 5.41) is 92.9. The van der Waals surface area contributed by atoms with Crippen molar-refractivity contribution in [3.8, 4) is 0 Å². The molecule has 2 aromatic carbocycles. The van der Waals surface area contributed by atoms with Crippen LogP contribution in [0.4, 0.5) is 0 Å². The Labute approximate surface area is 779 Å². The lowest BCUT2D eigenvalue weighted by Gasteiger charge is -2.32. The van der Waals surface area contributed by atoms with E-state index < -0.39 is 254 Å². The van der Waals surface area contributed by atoms with Gasteiger partial charge in [-0.05, 0) is 162 Å². The molecule has 0 aliphatic carbocycles. The highest BCUT2D eigenvalue weighted by molar-refractivity contribution is 7.98. The van der Waals surface area contributed by atoms with Crippen molar-refractivity contribution >= 4 is 153 Å². The average Bonchev–Trinajstić information content (AvgIpc) is 1.69. The van der Waals surface area contributed by atoms with E-state index in [2.05, 4.69) is 79.4 Å². The van der Waals surface area contributed by atoms with Gasteiger partial charge in [0.05, 0.1) is 12.5 Å². The molecule has 0 radical (unpaired) electrons. The number of guanidine groups is 1. The van der Waals surface area contributed by atoms with Crippen LogP contribution in [0.5, 0.6) is 0 Å². The number of carbonyl (C=O) groups is 19. The molecule has 1 aliphatic rings. The third-order valence-electron chi connectivity index (χ3n) is 21.9. The summed E-state index contributed by atoms with van der Waals surface area (Å²) in [7, 11) is 0. The van der Waals surface area contributed by atoms with Crippen molar-refractivity contribution in [2.24, 2.45) is 35.0 Å². The van der Waals surface area contributed by atoms with Crippen LogP contribution in [0.3, 0.4) is 0 Å². The van der Waals surface area contributed by atoms with Gasteiger partial charge in [-0.25, -0.2) is 4.79 Å². The Kier molecular flexibility index (Phi) is 49.9. The average molecular weight is 1910 g/mol. The first-order chi connectivity index (χ1) is 62.9. The molecule has 0 saturated carbocycles. The number of nitrogens with two attached hydrogens (primary N) is 3. The number of carboxylic acids is 5. The molecule has 0 bridgehead atoms. The molecule has 1 fully saturated rings. The van der Waals surface area contributed by atoms with E-state index in [0.29, 0.717) is 34.9 Å². The molecule has 44 nitrogen and oxygen atoms in total. The largest absolute Gasteiger partial charge is 0.481 e. The Balaban J connectivity index is 1.62. The summed E-state index contributed by atoms with van der Waals surface area (Å²) < 4.78 is 0. The maximum atomic E-state index is 15.0. The first-order valence-corrected chi connectivity index (χ1v) is 47.2. The first-order valence-electron chi connectivity index (χ1n) is 44.4. The smallest absolute Gasteiger partial charge is 0.326 e. The minimum atomic E-state index is -2.02. The fourth-order valence-electron chi connectivity index (χ4n) is 14.5. The van der Waals surface area contributed by atoms with E-state index in [9.17, 15) is 117 Å². The summed E-state index contributed by atoms with van der Waals surface area (Å²) in [4.78, 5) is 267. The fourth-order valence-corrected chi connectivity index (χ4v) is 15.4. The normalized spacial score (nSPS) is 15.8. The number of benzene rings is 2. The number of hydrogen-bond acceptors (Lipinski definition) is 24. The number of amides is 14. The number of unbranched alkanes of at least 4 members (excludes halogenated alkanes) is 1. The molecule has 0 spiro atoms. The number of aromatic amines is 1. The second-order valence-corrected chi connectivity index (χ2v) is 35.6.